The van der Waals surface area contributed by atoms with Gasteiger partial charge in [0.15, 0.2) is 11.5 Å². The second-order valence-electron chi connectivity index (χ2n) is 7.05. The fourth-order valence-corrected chi connectivity index (χ4v) is 3.31. The number of aromatic amines is 1. The van der Waals surface area contributed by atoms with Gasteiger partial charge < -0.3 is 29.6 Å². The van der Waals surface area contributed by atoms with Crippen molar-refractivity contribution >= 4 is 11.9 Å². The smallest absolute Gasteiger partial charge is 0.318 e. The Morgan fingerprint density at radius 1 is 1.32 bits per heavy atom. The molecule has 1 saturated heterocycles. The van der Waals surface area contributed by atoms with Gasteiger partial charge in [0.05, 0.1) is 6.04 Å². The molecule has 1 fully saturated rings. The maximum absolute atomic E-state index is 12.5. The first-order valence-corrected chi connectivity index (χ1v) is 9.23. The predicted octanol–water partition coefficient (Wildman–Crippen LogP) is 1.56. The van der Waals surface area contributed by atoms with E-state index in [-0.39, 0.29) is 31.3 Å². The van der Waals surface area contributed by atoms with Gasteiger partial charge >= 0.3 is 6.03 Å². The number of imidazole rings is 1. The fourth-order valence-electron chi connectivity index (χ4n) is 3.31. The summed E-state index contributed by atoms with van der Waals surface area (Å²) in [6, 6.07) is 5.14. The molecule has 4 rings (SSSR count). The third-order valence-electron chi connectivity index (χ3n) is 4.89. The van der Waals surface area contributed by atoms with Crippen molar-refractivity contribution in [1.29, 1.82) is 0 Å². The number of piperazine rings is 1. The van der Waals surface area contributed by atoms with E-state index in [2.05, 4.69) is 15.3 Å². The van der Waals surface area contributed by atoms with Crippen LogP contribution in [0.5, 0.6) is 11.5 Å². The Hall–Kier alpha value is -3.23. The van der Waals surface area contributed by atoms with Crippen molar-refractivity contribution in [3.63, 3.8) is 0 Å². The van der Waals surface area contributed by atoms with E-state index in [1.165, 1.54) is 4.90 Å². The van der Waals surface area contributed by atoms with E-state index in [0.29, 0.717) is 31.2 Å². The molecule has 9 heteroatoms. The number of rotatable bonds is 4. The Morgan fingerprint density at radius 2 is 2.14 bits per heavy atom. The van der Waals surface area contributed by atoms with Crippen molar-refractivity contribution in [2.45, 2.75) is 26.4 Å². The molecular weight excluding hydrogens is 362 g/mol. The topological polar surface area (TPSA) is 99.8 Å². The Bertz CT molecular complexity index is 896. The quantitative estimate of drug-likeness (QED) is 0.832. The maximum Gasteiger partial charge on any atom is 0.318 e. The van der Waals surface area contributed by atoms with Gasteiger partial charge in [-0.1, -0.05) is 6.07 Å². The predicted molar refractivity (Wildman–Crippen MR) is 99.8 cm³/mol. The van der Waals surface area contributed by atoms with Crippen molar-refractivity contribution in [1.82, 2.24) is 25.1 Å². The molecule has 0 spiro atoms. The van der Waals surface area contributed by atoms with Gasteiger partial charge in [-0.2, -0.15) is 0 Å². The lowest BCUT2D eigenvalue weighted by Crippen LogP contribution is -2.54. The lowest BCUT2D eigenvalue weighted by Gasteiger charge is -2.34. The van der Waals surface area contributed by atoms with Crippen LogP contribution < -0.4 is 14.8 Å². The van der Waals surface area contributed by atoms with Gasteiger partial charge in [-0.05, 0) is 31.5 Å². The molecule has 2 aliphatic rings. The van der Waals surface area contributed by atoms with Crippen LogP contribution in [0, 0.1) is 6.92 Å². The molecule has 2 N–H and O–H groups in total. The molecule has 0 saturated carbocycles. The average Bonchev–Trinajstić information content (AvgIpc) is 3.31. The largest absolute Gasteiger partial charge is 0.454 e. The van der Waals surface area contributed by atoms with E-state index in [1.807, 2.05) is 32.0 Å². The number of carbonyl (C=O) groups excluding carboxylic acids is 2. The van der Waals surface area contributed by atoms with Gasteiger partial charge in [0.1, 0.15) is 12.4 Å². The first-order valence-electron chi connectivity index (χ1n) is 9.23. The highest BCUT2D eigenvalue weighted by Gasteiger charge is 2.28. The summed E-state index contributed by atoms with van der Waals surface area (Å²) in [5, 5.41) is 2.88. The molecule has 3 amide bonds. The minimum absolute atomic E-state index is 0.0558. The molecule has 2 aromatic rings. The van der Waals surface area contributed by atoms with Gasteiger partial charge in [0.2, 0.25) is 12.7 Å². The number of H-pyrrole nitrogens is 1. The molecule has 3 heterocycles. The van der Waals surface area contributed by atoms with Crippen molar-refractivity contribution in [3.05, 3.63) is 41.5 Å². The Morgan fingerprint density at radius 3 is 2.89 bits per heavy atom. The second-order valence-corrected chi connectivity index (χ2v) is 7.05. The van der Waals surface area contributed by atoms with E-state index >= 15 is 0 Å². The van der Waals surface area contributed by atoms with Crippen LogP contribution in [0.3, 0.4) is 0 Å². The van der Waals surface area contributed by atoms with Crippen molar-refractivity contribution in [2.24, 2.45) is 0 Å². The first-order chi connectivity index (χ1) is 13.5. The van der Waals surface area contributed by atoms with Crippen LogP contribution in [0.1, 0.15) is 30.0 Å². The van der Waals surface area contributed by atoms with Gasteiger partial charge in [-0.25, -0.2) is 9.78 Å². The second kappa shape index (κ2) is 7.41. The SMILES string of the molecule is Cc1cnc([C@H](C)NC(=O)N2CCN(Cc3ccc4c(c3)OCO4)C(=O)C2)[nH]1. The maximum atomic E-state index is 12.5. The van der Waals surface area contributed by atoms with Crippen LogP contribution in [-0.4, -0.2) is 58.1 Å². The number of hydrogen-bond acceptors (Lipinski definition) is 5. The van der Waals surface area contributed by atoms with Crippen molar-refractivity contribution in [2.75, 3.05) is 26.4 Å². The van der Waals surface area contributed by atoms with E-state index < -0.39 is 0 Å². The first kappa shape index (κ1) is 18.1. The third kappa shape index (κ3) is 3.73. The lowest BCUT2D eigenvalue weighted by atomic mass is 10.1. The van der Waals surface area contributed by atoms with Gasteiger partial charge in [-0.3, -0.25) is 4.79 Å². The highest BCUT2D eigenvalue weighted by atomic mass is 16.7. The summed E-state index contributed by atoms with van der Waals surface area (Å²) in [4.78, 5) is 35.7. The Kier molecular flexibility index (Phi) is 4.81. The standard InChI is InChI=1S/C19H23N5O4/c1-12-8-20-18(21-12)13(2)22-19(26)24-6-5-23(17(25)10-24)9-14-3-4-15-16(7-14)28-11-27-15/h3-4,7-8,13H,5-6,9-11H2,1-2H3,(H,20,21)(H,22,26)/t13-/m0/s1. The van der Waals surface area contributed by atoms with Crippen LogP contribution in [0.2, 0.25) is 0 Å². The molecule has 2 aliphatic heterocycles. The van der Waals surface area contributed by atoms with Crippen LogP contribution in [0.25, 0.3) is 0 Å². The van der Waals surface area contributed by atoms with E-state index in [1.54, 1.807) is 11.1 Å². The molecule has 28 heavy (non-hydrogen) atoms. The minimum Gasteiger partial charge on any atom is -0.454 e. The number of hydrogen-bond donors (Lipinski definition) is 2. The zero-order valence-electron chi connectivity index (χ0n) is 15.9. The number of fused-ring (bicyclic) bond motifs is 1. The summed E-state index contributed by atoms with van der Waals surface area (Å²) in [5.41, 5.74) is 1.90. The summed E-state index contributed by atoms with van der Waals surface area (Å²) >= 11 is 0. The number of amides is 3. The average molecular weight is 385 g/mol. The highest BCUT2D eigenvalue weighted by Crippen LogP contribution is 2.32. The van der Waals surface area contributed by atoms with Gasteiger partial charge in [0, 0.05) is 31.5 Å². The molecule has 0 unspecified atom stereocenters. The van der Waals surface area contributed by atoms with Gasteiger partial charge in [0.25, 0.3) is 0 Å². The lowest BCUT2D eigenvalue weighted by molar-refractivity contribution is -0.135. The number of nitrogens with one attached hydrogen (secondary N) is 2. The van der Waals surface area contributed by atoms with E-state index in [0.717, 1.165) is 17.0 Å². The molecule has 0 aliphatic carbocycles. The van der Waals surface area contributed by atoms with E-state index in [9.17, 15) is 9.59 Å². The number of aryl methyl sites for hydroxylation is 1. The normalized spacial score (nSPS) is 17.0. The molecule has 0 bridgehead atoms. The molecule has 0 radical (unpaired) electrons. The third-order valence-corrected chi connectivity index (χ3v) is 4.89. The summed E-state index contributed by atoms with van der Waals surface area (Å²) in [7, 11) is 0. The minimum atomic E-state index is -0.266. The van der Waals surface area contributed by atoms with Gasteiger partial charge in [-0.15, -0.1) is 0 Å². The van der Waals surface area contributed by atoms with Crippen LogP contribution >= 0.6 is 0 Å². The molecule has 9 nitrogen and oxygen atoms in total. The molecule has 1 aromatic heterocycles. The summed E-state index contributed by atoms with van der Waals surface area (Å²) in [6.45, 7) is 5.48. The number of nitrogens with zero attached hydrogens (tertiary/aromatic N) is 3. The zero-order valence-corrected chi connectivity index (χ0v) is 15.9. The Balaban J connectivity index is 1.32. The van der Waals surface area contributed by atoms with Crippen LogP contribution in [0.4, 0.5) is 4.79 Å². The number of aromatic nitrogens is 2. The van der Waals surface area contributed by atoms with Crippen LogP contribution in [0.15, 0.2) is 24.4 Å². The number of urea groups is 1. The summed E-state index contributed by atoms with van der Waals surface area (Å²) in [6.07, 6.45) is 1.72. The summed E-state index contributed by atoms with van der Waals surface area (Å²) < 4.78 is 10.7. The van der Waals surface area contributed by atoms with Crippen LogP contribution in [-0.2, 0) is 11.3 Å². The fraction of sp³-hybridized carbons (Fsp3) is 0.421. The zero-order chi connectivity index (χ0) is 19.7. The number of ether oxygens (including phenoxy) is 2. The highest BCUT2D eigenvalue weighted by molar-refractivity contribution is 5.85. The molecular formula is C19H23N5O4. The molecule has 1 atom stereocenters. The van der Waals surface area contributed by atoms with E-state index in [4.69, 9.17) is 9.47 Å². The number of benzene rings is 1. The van der Waals surface area contributed by atoms with Crippen molar-refractivity contribution in [3.8, 4) is 11.5 Å². The monoisotopic (exact) mass is 385 g/mol. The Labute approximate surface area is 162 Å². The summed E-state index contributed by atoms with van der Waals surface area (Å²) in [5.74, 6) is 2.03. The molecule has 1 aromatic carbocycles. The van der Waals surface area contributed by atoms with Crippen molar-refractivity contribution < 1.29 is 19.1 Å². The number of carbonyl (C=O) groups is 2. The molecule has 148 valence electrons.